The van der Waals surface area contributed by atoms with Crippen LogP contribution in [-0.4, -0.2) is 28.7 Å². The summed E-state index contributed by atoms with van der Waals surface area (Å²) in [7, 11) is 0. The Balaban J connectivity index is 2.62. The maximum absolute atomic E-state index is 10.8. The predicted molar refractivity (Wildman–Crippen MR) is 35.7 cm³/mol. The minimum atomic E-state index is -0.830. The van der Waals surface area contributed by atoms with Crippen molar-refractivity contribution in [1.82, 2.24) is 4.90 Å². The molecule has 0 aromatic carbocycles. The average Bonchev–Trinajstić information content (AvgIpc) is 2.20. The van der Waals surface area contributed by atoms with Crippen LogP contribution >= 0.6 is 0 Å². The van der Waals surface area contributed by atoms with Gasteiger partial charge in [-0.05, 0) is 6.08 Å². The zero-order chi connectivity index (χ0) is 7.56. The van der Waals surface area contributed by atoms with Crippen LogP contribution in [0.1, 0.15) is 0 Å². The first kappa shape index (κ1) is 6.84. The number of aliphatic hydroxyl groups is 1. The van der Waals surface area contributed by atoms with Gasteiger partial charge in [-0.25, -0.2) is 0 Å². The van der Waals surface area contributed by atoms with Crippen molar-refractivity contribution in [3.8, 4) is 12.3 Å². The fourth-order valence-corrected chi connectivity index (χ4v) is 0.768. The lowest BCUT2D eigenvalue weighted by molar-refractivity contribution is -0.129. The summed E-state index contributed by atoms with van der Waals surface area (Å²) in [4.78, 5) is 12.0. The summed E-state index contributed by atoms with van der Waals surface area (Å²) in [6, 6.07) is 0. The summed E-state index contributed by atoms with van der Waals surface area (Å²) < 4.78 is 0. The third-order valence-electron chi connectivity index (χ3n) is 1.27. The normalized spacial score (nSPS) is 23.4. The van der Waals surface area contributed by atoms with E-state index in [1.54, 1.807) is 0 Å². The van der Waals surface area contributed by atoms with E-state index in [-0.39, 0.29) is 12.5 Å². The molecule has 0 spiro atoms. The number of aliphatic hydroxyl groups excluding tert-OH is 1. The molecule has 0 bridgehead atoms. The number of terminal acetylenes is 1. The Kier molecular flexibility index (Phi) is 1.74. The Labute approximate surface area is 58.9 Å². The van der Waals surface area contributed by atoms with Crippen molar-refractivity contribution in [2.75, 3.05) is 6.54 Å². The van der Waals surface area contributed by atoms with E-state index >= 15 is 0 Å². The van der Waals surface area contributed by atoms with Crippen LogP contribution in [-0.2, 0) is 4.79 Å². The van der Waals surface area contributed by atoms with E-state index in [1.165, 1.54) is 17.1 Å². The minimum absolute atomic E-state index is 0.160. The molecular weight excluding hydrogens is 130 g/mol. The Bertz CT molecular complexity index is 214. The van der Waals surface area contributed by atoms with Gasteiger partial charge in [0, 0.05) is 6.08 Å². The third-order valence-corrected chi connectivity index (χ3v) is 1.27. The van der Waals surface area contributed by atoms with E-state index in [1.807, 2.05) is 0 Å². The predicted octanol–water partition coefficient (Wildman–Crippen LogP) is -0.664. The largest absolute Gasteiger partial charge is 0.370 e. The smallest absolute Gasteiger partial charge is 0.249 e. The van der Waals surface area contributed by atoms with Crippen LogP contribution < -0.4 is 0 Å². The highest BCUT2D eigenvalue weighted by Crippen LogP contribution is 2.06. The Hall–Kier alpha value is -1.27. The quantitative estimate of drug-likeness (QED) is 0.487. The maximum Gasteiger partial charge on any atom is 0.249 e. The summed E-state index contributed by atoms with van der Waals surface area (Å²) in [5, 5.41) is 9.01. The van der Waals surface area contributed by atoms with Crippen molar-refractivity contribution in [3.63, 3.8) is 0 Å². The number of carbonyl (C=O) groups is 1. The SMILES string of the molecule is C#CCN1C(=O)C=CC1O. The number of hydrogen-bond donors (Lipinski definition) is 1. The highest BCUT2D eigenvalue weighted by atomic mass is 16.3. The number of hydrogen-bond acceptors (Lipinski definition) is 2. The molecule has 3 nitrogen and oxygen atoms in total. The lowest BCUT2D eigenvalue weighted by atomic mass is 10.5. The second-order valence-corrected chi connectivity index (χ2v) is 1.94. The maximum atomic E-state index is 10.8. The molecule has 0 aromatic heterocycles. The fraction of sp³-hybridized carbons (Fsp3) is 0.286. The molecule has 0 saturated heterocycles. The van der Waals surface area contributed by atoms with Gasteiger partial charge >= 0.3 is 0 Å². The van der Waals surface area contributed by atoms with E-state index in [9.17, 15) is 4.79 Å². The van der Waals surface area contributed by atoms with Crippen LogP contribution in [0.5, 0.6) is 0 Å². The molecule has 1 aliphatic rings. The van der Waals surface area contributed by atoms with Gasteiger partial charge in [0.1, 0.15) is 6.23 Å². The Morgan fingerprint density at radius 2 is 2.60 bits per heavy atom. The van der Waals surface area contributed by atoms with Crippen LogP contribution in [0.2, 0.25) is 0 Å². The molecule has 1 atom stereocenters. The number of amides is 1. The van der Waals surface area contributed by atoms with Gasteiger partial charge in [-0.1, -0.05) is 5.92 Å². The minimum Gasteiger partial charge on any atom is -0.370 e. The van der Waals surface area contributed by atoms with Gasteiger partial charge in [0.15, 0.2) is 0 Å². The molecule has 0 radical (unpaired) electrons. The van der Waals surface area contributed by atoms with Gasteiger partial charge in [0.25, 0.3) is 0 Å². The summed E-state index contributed by atoms with van der Waals surface area (Å²) in [6.45, 7) is 0.160. The Morgan fingerprint density at radius 1 is 1.90 bits per heavy atom. The summed E-state index contributed by atoms with van der Waals surface area (Å²) in [5.41, 5.74) is 0. The number of nitrogens with zero attached hydrogens (tertiary/aromatic N) is 1. The molecule has 0 aliphatic carbocycles. The summed E-state index contributed by atoms with van der Waals surface area (Å²) in [6.07, 6.45) is 6.83. The lowest BCUT2D eigenvalue weighted by Crippen LogP contribution is -2.33. The molecule has 52 valence electrons. The average molecular weight is 137 g/mol. The van der Waals surface area contributed by atoms with Crippen molar-refractivity contribution >= 4 is 5.91 Å². The van der Waals surface area contributed by atoms with Crippen LogP contribution in [0.25, 0.3) is 0 Å². The number of rotatable bonds is 1. The molecule has 1 heterocycles. The molecule has 0 saturated carbocycles. The molecule has 10 heavy (non-hydrogen) atoms. The van der Waals surface area contributed by atoms with Gasteiger partial charge in [-0.3, -0.25) is 9.69 Å². The third kappa shape index (κ3) is 1.02. The second-order valence-electron chi connectivity index (χ2n) is 1.94. The van der Waals surface area contributed by atoms with Crippen molar-refractivity contribution in [1.29, 1.82) is 0 Å². The lowest BCUT2D eigenvalue weighted by Gasteiger charge is -2.16. The van der Waals surface area contributed by atoms with E-state index in [0.717, 1.165) is 0 Å². The molecule has 1 N–H and O–H groups in total. The van der Waals surface area contributed by atoms with Gasteiger partial charge in [-0.15, -0.1) is 6.42 Å². The van der Waals surface area contributed by atoms with Gasteiger partial charge in [0.05, 0.1) is 6.54 Å². The molecular formula is C7H7NO2. The molecule has 3 heteroatoms. The standard InChI is InChI=1S/C7H7NO2/c1-2-5-8-6(9)3-4-7(8)10/h1,3-4,6,9H,5H2. The molecule has 1 amide bonds. The first-order valence-corrected chi connectivity index (χ1v) is 2.86. The topological polar surface area (TPSA) is 40.5 Å². The van der Waals surface area contributed by atoms with Crippen molar-refractivity contribution in [2.24, 2.45) is 0 Å². The first-order chi connectivity index (χ1) is 4.75. The van der Waals surface area contributed by atoms with E-state index in [4.69, 9.17) is 11.5 Å². The van der Waals surface area contributed by atoms with Gasteiger partial charge < -0.3 is 5.11 Å². The summed E-state index contributed by atoms with van der Waals surface area (Å²) >= 11 is 0. The van der Waals surface area contributed by atoms with Crippen LogP contribution in [0.15, 0.2) is 12.2 Å². The van der Waals surface area contributed by atoms with Crippen LogP contribution in [0, 0.1) is 12.3 Å². The van der Waals surface area contributed by atoms with Crippen molar-refractivity contribution in [2.45, 2.75) is 6.23 Å². The number of carbonyl (C=O) groups excluding carboxylic acids is 1. The molecule has 1 aliphatic heterocycles. The van der Waals surface area contributed by atoms with Gasteiger partial charge in [0.2, 0.25) is 5.91 Å². The molecule has 1 rings (SSSR count). The molecule has 0 fully saturated rings. The highest BCUT2D eigenvalue weighted by molar-refractivity contribution is 5.90. The molecule has 0 aromatic rings. The Morgan fingerprint density at radius 3 is 3.00 bits per heavy atom. The van der Waals surface area contributed by atoms with E-state index < -0.39 is 6.23 Å². The van der Waals surface area contributed by atoms with E-state index in [2.05, 4.69) is 5.92 Å². The van der Waals surface area contributed by atoms with Gasteiger partial charge in [-0.2, -0.15) is 0 Å². The summed E-state index contributed by atoms with van der Waals surface area (Å²) in [5.74, 6) is 2.04. The van der Waals surface area contributed by atoms with Crippen LogP contribution in [0.4, 0.5) is 0 Å². The monoisotopic (exact) mass is 137 g/mol. The zero-order valence-corrected chi connectivity index (χ0v) is 5.32. The van der Waals surface area contributed by atoms with Crippen molar-refractivity contribution < 1.29 is 9.90 Å². The zero-order valence-electron chi connectivity index (χ0n) is 5.32. The van der Waals surface area contributed by atoms with Crippen molar-refractivity contribution in [3.05, 3.63) is 12.2 Å². The second kappa shape index (κ2) is 2.54. The van der Waals surface area contributed by atoms with E-state index in [0.29, 0.717) is 0 Å². The molecule has 1 unspecified atom stereocenters. The highest BCUT2D eigenvalue weighted by Gasteiger charge is 2.21. The first-order valence-electron chi connectivity index (χ1n) is 2.86. The van der Waals surface area contributed by atoms with Crippen LogP contribution in [0.3, 0.4) is 0 Å². The fourth-order valence-electron chi connectivity index (χ4n) is 0.768.